The number of amides is 2. The molecule has 0 radical (unpaired) electrons. The first kappa shape index (κ1) is 20.2. The molecule has 0 saturated carbocycles. The molecule has 3 aromatic heterocycles. The Bertz CT molecular complexity index is 1580. The van der Waals surface area contributed by atoms with Crippen LogP contribution in [0, 0.1) is 6.92 Å². The van der Waals surface area contributed by atoms with Crippen LogP contribution in [0.3, 0.4) is 0 Å². The van der Waals surface area contributed by atoms with Gasteiger partial charge in [0.1, 0.15) is 5.58 Å². The van der Waals surface area contributed by atoms with Crippen molar-refractivity contribution in [3.05, 3.63) is 88.9 Å². The van der Waals surface area contributed by atoms with Crippen molar-refractivity contribution in [3.63, 3.8) is 0 Å². The molecule has 168 valence electrons. The lowest BCUT2D eigenvalue weighted by Gasteiger charge is -2.29. The zero-order valence-electron chi connectivity index (χ0n) is 18.5. The van der Waals surface area contributed by atoms with E-state index < -0.39 is 0 Å². The van der Waals surface area contributed by atoms with Gasteiger partial charge in [-0.3, -0.25) is 14.7 Å². The number of aryl methyl sites for hydroxylation is 1. The van der Waals surface area contributed by atoms with E-state index in [9.17, 15) is 9.59 Å². The molecule has 8 heteroatoms. The van der Waals surface area contributed by atoms with E-state index in [-0.39, 0.29) is 11.8 Å². The molecule has 0 unspecified atom stereocenters. The van der Waals surface area contributed by atoms with Crippen LogP contribution in [0.2, 0.25) is 0 Å². The van der Waals surface area contributed by atoms with Crippen LogP contribution < -0.4 is 5.32 Å². The second kappa shape index (κ2) is 7.84. The molecule has 0 spiro atoms. The van der Waals surface area contributed by atoms with Crippen molar-refractivity contribution < 1.29 is 14.0 Å². The number of aromatic amines is 1. The van der Waals surface area contributed by atoms with Crippen molar-refractivity contribution in [2.75, 3.05) is 11.9 Å². The summed E-state index contributed by atoms with van der Waals surface area (Å²) in [5.74, 6) is -0.252. The molecule has 0 saturated heterocycles. The highest BCUT2D eigenvalue weighted by Crippen LogP contribution is 2.25. The lowest BCUT2D eigenvalue weighted by atomic mass is 9.96. The lowest BCUT2D eigenvalue weighted by Crippen LogP contribution is -2.36. The van der Waals surface area contributed by atoms with Crippen LogP contribution in [0.1, 0.15) is 37.5 Å². The standard InChI is InChI=1S/C26H21N5O3/c1-15-22-12-21(13-27-24(22)30-29-15)28-25(32)18-3-2-16-6-8-31(14-20(16)11-18)26(33)19-4-5-23-17(10-19)7-9-34-23/h2-5,7,9-13H,6,8,14H2,1H3,(H,28,32)(H,27,29,30). The van der Waals surface area contributed by atoms with Crippen molar-refractivity contribution in [2.45, 2.75) is 19.9 Å². The second-order valence-corrected chi connectivity index (χ2v) is 8.53. The summed E-state index contributed by atoms with van der Waals surface area (Å²) in [6.45, 7) is 3.00. The minimum atomic E-state index is -0.223. The first-order valence-electron chi connectivity index (χ1n) is 11.1. The number of hydrogen-bond donors (Lipinski definition) is 2. The van der Waals surface area contributed by atoms with Crippen LogP contribution in [0.5, 0.6) is 0 Å². The predicted molar refractivity (Wildman–Crippen MR) is 128 cm³/mol. The van der Waals surface area contributed by atoms with Gasteiger partial charge in [-0.05, 0) is 66.9 Å². The van der Waals surface area contributed by atoms with Gasteiger partial charge in [-0.15, -0.1) is 0 Å². The number of aromatic nitrogens is 3. The van der Waals surface area contributed by atoms with E-state index in [4.69, 9.17) is 4.42 Å². The average Bonchev–Trinajstić information content (AvgIpc) is 3.49. The number of rotatable bonds is 3. The average molecular weight is 451 g/mol. The first-order chi connectivity index (χ1) is 16.5. The Morgan fingerprint density at radius 2 is 1.94 bits per heavy atom. The van der Waals surface area contributed by atoms with Gasteiger partial charge in [0.2, 0.25) is 0 Å². The Hall–Kier alpha value is -4.46. The molecule has 4 heterocycles. The number of benzene rings is 2. The summed E-state index contributed by atoms with van der Waals surface area (Å²) in [6, 6.07) is 14.9. The van der Waals surface area contributed by atoms with Crippen molar-refractivity contribution >= 4 is 39.5 Å². The molecule has 1 aliphatic heterocycles. The van der Waals surface area contributed by atoms with Gasteiger partial charge >= 0.3 is 0 Å². The third kappa shape index (κ3) is 3.49. The molecular formula is C26H21N5O3. The fourth-order valence-corrected chi connectivity index (χ4v) is 4.45. The quantitative estimate of drug-likeness (QED) is 0.421. The van der Waals surface area contributed by atoms with Crippen LogP contribution in [0.4, 0.5) is 5.69 Å². The SMILES string of the molecule is Cc1[nH]nc2ncc(NC(=O)c3ccc4c(c3)CN(C(=O)c3ccc5occc5c3)CC4)cc12. The van der Waals surface area contributed by atoms with Gasteiger partial charge in [-0.1, -0.05) is 6.07 Å². The van der Waals surface area contributed by atoms with Crippen LogP contribution in [0.15, 0.2) is 65.4 Å². The molecule has 34 heavy (non-hydrogen) atoms. The number of pyridine rings is 1. The lowest BCUT2D eigenvalue weighted by molar-refractivity contribution is 0.0735. The molecule has 2 N–H and O–H groups in total. The van der Waals surface area contributed by atoms with Gasteiger partial charge < -0.3 is 14.6 Å². The van der Waals surface area contributed by atoms with Gasteiger partial charge in [0.25, 0.3) is 11.8 Å². The number of H-pyrrole nitrogens is 1. The summed E-state index contributed by atoms with van der Waals surface area (Å²) < 4.78 is 5.37. The number of nitrogens with zero attached hydrogens (tertiary/aromatic N) is 3. The Morgan fingerprint density at radius 1 is 1.06 bits per heavy atom. The summed E-state index contributed by atoms with van der Waals surface area (Å²) >= 11 is 0. The highest BCUT2D eigenvalue weighted by atomic mass is 16.3. The monoisotopic (exact) mass is 451 g/mol. The molecule has 2 amide bonds. The van der Waals surface area contributed by atoms with E-state index >= 15 is 0 Å². The number of carbonyl (C=O) groups is 2. The number of carbonyl (C=O) groups excluding carboxylic acids is 2. The number of furan rings is 1. The van der Waals surface area contributed by atoms with Gasteiger partial charge in [0.15, 0.2) is 5.65 Å². The highest BCUT2D eigenvalue weighted by molar-refractivity contribution is 6.05. The Labute approximate surface area is 194 Å². The third-order valence-electron chi connectivity index (χ3n) is 6.33. The number of hydrogen-bond acceptors (Lipinski definition) is 5. The fourth-order valence-electron chi connectivity index (χ4n) is 4.45. The largest absolute Gasteiger partial charge is 0.464 e. The number of nitrogens with one attached hydrogen (secondary N) is 2. The Kier molecular flexibility index (Phi) is 4.65. The molecule has 5 aromatic rings. The third-order valence-corrected chi connectivity index (χ3v) is 6.33. The summed E-state index contributed by atoms with van der Waals surface area (Å²) in [7, 11) is 0. The maximum Gasteiger partial charge on any atom is 0.255 e. The molecule has 8 nitrogen and oxygen atoms in total. The molecular weight excluding hydrogens is 430 g/mol. The maximum atomic E-state index is 13.1. The zero-order chi connectivity index (χ0) is 23.2. The summed E-state index contributed by atoms with van der Waals surface area (Å²) in [4.78, 5) is 32.2. The van der Waals surface area contributed by atoms with Crippen molar-refractivity contribution in [1.29, 1.82) is 0 Å². The summed E-state index contributed by atoms with van der Waals surface area (Å²) in [5, 5.41) is 11.7. The molecule has 0 fully saturated rings. The Morgan fingerprint density at radius 3 is 2.85 bits per heavy atom. The maximum absolute atomic E-state index is 13.1. The van der Waals surface area contributed by atoms with Crippen LogP contribution in [-0.4, -0.2) is 38.4 Å². The van der Waals surface area contributed by atoms with Gasteiger partial charge in [0, 0.05) is 40.7 Å². The van der Waals surface area contributed by atoms with Crippen LogP contribution in [-0.2, 0) is 13.0 Å². The van der Waals surface area contributed by atoms with E-state index in [1.54, 1.807) is 18.5 Å². The van der Waals surface area contributed by atoms with Gasteiger partial charge in [0.05, 0.1) is 18.1 Å². The first-order valence-corrected chi connectivity index (χ1v) is 11.1. The van der Waals surface area contributed by atoms with Crippen LogP contribution >= 0.6 is 0 Å². The molecule has 1 aliphatic rings. The number of fused-ring (bicyclic) bond motifs is 3. The second-order valence-electron chi connectivity index (χ2n) is 8.53. The molecule has 0 aliphatic carbocycles. The molecule has 6 rings (SSSR count). The van der Waals surface area contributed by atoms with Gasteiger partial charge in [-0.25, -0.2) is 4.98 Å². The fraction of sp³-hybridized carbons (Fsp3) is 0.154. The molecule has 0 atom stereocenters. The molecule has 0 bridgehead atoms. The van der Waals surface area contributed by atoms with Gasteiger partial charge in [-0.2, -0.15) is 5.10 Å². The topological polar surface area (TPSA) is 104 Å². The minimum Gasteiger partial charge on any atom is -0.464 e. The highest BCUT2D eigenvalue weighted by Gasteiger charge is 2.23. The minimum absolute atomic E-state index is 0.0292. The smallest absolute Gasteiger partial charge is 0.255 e. The normalized spacial score (nSPS) is 13.3. The van der Waals surface area contributed by atoms with E-state index in [2.05, 4.69) is 20.5 Å². The molecule has 2 aromatic carbocycles. The van der Waals surface area contributed by atoms with Crippen LogP contribution in [0.25, 0.3) is 22.0 Å². The summed E-state index contributed by atoms with van der Waals surface area (Å²) in [5.41, 5.74) is 6.17. The van der Waals surface area contributed by atoms with Crippen molar-refractivity contribution in [2.24, 2.45) is 0 Å². The predicted octanol–water partition coefficient (Wildman–Crippen LogP) is 4.46. The zero-order valence-corrected chi connectivity index (χ0v) is 18.5. The summed E-state index contributed by atoms with van der Waals surface area (Å²) in [6.07, 6.45) is 3.96. The van der Waals surface area contributed by atoms with E-state index in [0.717, 1.165) is 39.6 Å². The van der Waals surface area contributed by atoms with Crippen molar-refractivity contribution in [3.8, 4) is 0 Å². The van der Waals surface area contributed by atoms with Crippen molar-refractivity contribution in [1.82, 2.24) is 20.1 Å². The van der Waals surface area contributed by atoms with E-state index in [1.165, 1.54) is 0 Å². The number of anilines is 1. The Balaban J connectivity index is 1.21. The van der Waals surface area contributed by atoms with E-state index in [0.29, 0.717) is 35.6 Å². The van der Waals surface area contributed by atoms with E-state index in [1.807, 2.05) is 54.3 Å².